The van der Waals surface area contributed by atoms with Gasteiger partial charge in [-0.1, -0.05) is 18.7 Å². The number of phenolic OH excluding ortho intramolecular Hbond substituents is 1. The molecule has 2 aromatic rings. The van der Waals surface area contributed by atoms with Crippen molar-refractivity contribution in [1.29, 1.82) is 0 Å². The molecule has 0 saturated carbocycles. The third kappa shape index (κ3) is 3.83. The average Bonchev–Trinajstić information content (AvgIpc) is 2.60. The van der Waals surface area contributed by atoms with Gasteiger partial charge in [-0.2, -0.15) is 0 Å². The van der Waals surface area contributed by atoms with Gasteiger partial charge in [0.2, 0.25) is 0 Å². The van der Waals surface area contributed by atoms with E-state index in [-0.39, 0.29) is 11.7 Å². The Balaban J connectivity index is 0.000000185. The zero-order valence-corrected chi connectivity index (χ0v) is 13.2. The van der Waals surface area contributed by atoms with E-state index in [4.69, 9.17) is 14.6 Å². The Morgan fingerprint density at radius 2 is 1.70 bits per heavy atom. The SMILES string of the molecule is C=C1CN(c2ccc(OC)cc2)C1=O.COc1ccccc1O. The molecule has 0 spiro atoms. The minimum absolute atomic E-state index is 0.00941. The molecule has 1 aliphatic heterocycles. The van der Waals surface area contributed by atoms with Crippen LogP contribution in [0.1, 0.15) is 0 Å². The van der Waals surface area contributed by atoms with Crippen molar-refractivity contribution in [3.63, 3.8) is 0 Å². The van der Waals surface area contributed by atoms with Gasteiger partial charge in [0.15, 0.2) is 11.5 Å². The molecular formula is C18H19NO4. The normalized spacial score (nSPS) is 12.9. The second kappa shape index (κ2) is 7.35. The Kier molecular flexibility index (Phi) is 5.25. The summed E-state index contributed by atoms with van der Waals surface area (Å²) in [4.78, 5) is 13.0. The van der Waals surface area contributed by atoms with Crippen molar-refractivity contribution < 1.29 is 19.4 Å². The smallest absolute Gasteiger partial charge is 0.255 e. The molecule has 120 valence electrons. The molecule has 0 bridgehead atoms. The van der Waals surface area contributed by atoms with Gasteiger partial charge >= 0.3 is 0 Å². The number of anilines is 1. The largest absolute Gasteiger partial charge is 0.504 e. The van der Waals surface area contributed by atoms with E-state index in [2.05, 4.69) is 6.58 Å². The molecule has 5 heteroatoms. The minimum Gasteiger partial charge on any atom is -0.504 e. The number of hydrogen-bond donors (Lipinski definition) is 1. The standard InChI is InChI=1S/C11H11NO2.C7H8O2/c1-8-7-12(11(8)13)9-3-5-10(14-2)6-4-9;1-9-7-5-3-2-4-6(7)8/h3-6H,1,7H2,2H3;2-5,8H,1H3. The lowest BCUT2D eigenvalue weighted by Gasteiger charge is -2.32. The van der Waals surface area contributed by atoms with Crippen LogP contribution in [0.25, 0.3) is 0 Å². The molecule has 0 aliphatic carbocycles. The number of rotatable bonds is 3. The monoisotopic (exact) mass is 313 g/mol. The number of aromatic hydroxyl groups is 1. The van der Waals surface area contributed by atoms with Crippen LogP contribution in [-0.2, 0) is 4.79 Å². The van der Waals surface area contributed by atoms with E-state index in [1.165, 1.54) is 7.11 Å². The van der Waals surface area contributed by atoms with E-state index in [0.717, 1.165) is 11.4 Å². The van der Waals surface area contributed by atoms with Crippen LogP contribution in [0.4, 0.5) is 5.69 Å². The minimum atomic E-state index is 0.00941. The Morgan fingerprint density at radius 3 is 2.13 bits per heavy atom. The van der Waals surface area contributed by atoms with E-state index in [1.807, 2.05) is 24.3 Å². The Morgan fingerprint density at radius 1 is 1.04 bits per heavy atom. The van der Waals surface area contributed by atoms with Gasteiger partial charge in [-0.25, -0.2) is 0 Å². The number of hydrogen-bond acceptors (Lipinski definition) is 4. The molecular weight excluding hydrogens is 294 g/mol. The number of nitrogens with zero attached hydrogens (tertiary/aromatic N) is 1. The lowest BCUT2D eigenvalue weighted by atomic mass is 10.1. The summed E-state index contributed by atoms with van der Waals surface area (Å²) in [5.41, 5.74) is 1.56. The summed E-state index contributed by atoms with van der Waals surface area (Å²) in [5.74, 6) is 1.49. The summed E-state index contributed by atoms with van der Waals surface area (Å²) in [6.07, 6.45) is 0. The van der Waals surface area contributed by atoms with Gasteiger partial charge < -0.3 is 19.5 Å². The van der Waals surface area contributed by atoms with E-state index in [0.29, 0.717) is 17.9 Å². The highest BCUT2D eigenvalue weighted by Gasteiger charge is 2.29. The topological polar surface area (TPSA) is 59.0 Å². The number of carbonyl (C=O) groups is 1. The zero-order valence-electron chi connectivity index (χ0n) is 13.2. The first-order valence-corrected chi connectivity index (χ1v) is 7.02. The van der Waals surface area contributed by atoms with Gasteiger partial charge in [0.1, 0.15) is 5.75 Å². The lowest BCUT2D eigenvalue weighted by Crippen LogP contribution is -2.45. The highest BCUT2D eigenvalue weighted by molar-refractivity contribution is 6.13. The van der Waals surface area contributed by atoms with Crippen LogP contribution >= 0.6 is 0 Å². The first kappa shape index (κ1) is 16.4. The van der Waals surface area contributed by atoms with Crippen LogP contribution in [0, 0.1) is 0 Å². The molecule has 0 unspecified atom stereocenters. The number of para-hydroxylation sites is 2. The summed E-state index contributed by atoms with van der Waals surface area (Å²) in [6, 6.07) is 14.2. The van der Waals surface area contributed by atoms with Crippen LogP contribution in [0.15, 0.2) is 60.7 Å². The van der Waals surface area contributed by atoms with Crippen LogP contribution < -0.4 is 14.4 Å². The molecule has 0 atom stereocenters. The van der Waals surface area contributed by atoms with Crippen LogP contribution in [-0.4, -0.2) is 31.8 Å². The predicted molar refractivity (Wildman–Crippen MR) is 89.1 cm³/mol. The maximum absolute atomic E-state index is 11.3. The summed E-state index contributed by atoms with van der Waals surface area (Å²) in [6.45, 7) is 4.27. The second-order valence-corrected chi connectivity index (χ2v) is 4.86. The van der Waals surface area contributed by atoms with Crippen molar-refractivity contribution in [2.24, 2.45) is 0 Å². The van der Waals surface area contributed by atoms with Gasteiger partial charge in [0.25, 0.3) is 5.91 Å². The summed E-state index contributed by atoms with van der Waals surface area (Å²) >= 11 is 0. The Hall–Kier alpha value is -2.95. The molecule has 1 aliphatic rings. The molecule has 1 fully saturated rings. The number of amides is 1. The Bertz CT molecular complexity index is 694. The number of phenols is 1. The fourth-order valence-electron chi connectivity index (χ4n) is 2.03. The highest BCUT2D eigenvalue weighted by Crippen LogP contribution is 2.26. The molecule has 1 saturated heterocycles. The lowest BCUT2D eigenvalue weighted by molar-refractivity contribution is -0.117. The van der Waals surface area contributed by atoms with E-state index >= 15 is 0 Å². The van der Waals surface area contributed by atoms with Crippen molar-refractivity contribution in [2.75, 3.05) is 25.7 Å². The van der Waals surface area contributed by atoms with Crippen LogP contribution in [0.2, 0.25) is 0 Å². The summed E-state index contributed by atoms with van der Waals surface area (Å²) in [5, 5.41) is 8.99. The van der Waals surface area contributed by atoms with Crippen molar-refractivity contribution in [2.45, 2.75) is 0 Å². The average molecular weight is 313 g/mol. The molecule has 23 heavy (non-hydrogen) atoms. The first-order valence-electron chi connectivity index (χ1n) is 7.02. The van der Waals surface area contributed by atoms with E-state index in [9.17, 15) is 4.79 Å². The molecule has 1 amide bonds. The molecule has 0 radical (unpaired) electrons. The quantitative estimate of drug-likeness (QED) is 0.699. The van der Waals surface area contributed by atoms with Gasteiger partial charge in [-0.05, 0) is 36.4 Å². The van der Waals surface area contributed by atoms with Crippen LogP contribution in [0.3, 0.4) is 0 Å². The first-order chi connectivity index (χ1) is 11.1. The number of benzene rings is 2. The van der Waals surface area contributed by atoms with E-state index in [1.54, 1.807) is 36.3 Å². The predicted octanol–water partition coefficient (Wildman–Crippen LogP) is 3.00. The number of carbonyl (C=O) groups excluding carboxylic acids is 1. The molecule has 0 aromatic heterocycles. The van der Waals surface area contributed by atoms with Crippen molar-refractivity contribution in [1.82, 2.24) is 0 Å². The van der Waals surface area contributed by atoms with Gasteiger partial charge in [-0.3, -0.25) is 4.79 Å². The maximum atomic E-state index is 11.3. The molecule has 1 N–H and O–H groups in total. The van der Waals surface area contributed by atoms with Crippen molar-refractivity contribution in [3.05, 3.63) is 60.7 Å². The van der Waals surface area contributed by atoms with Crippen molar-refractivity contribution in [3.8, 4) is 17.2 Å². The second-order valence-electron chi connectivity index (χ2n) is 4.86. The molecule has 3 rings (SSSR count). The summed E-state index contributed by atoms with van der Waals surface area (Å²) in [7, 11) is 3.14. The van der Waals surface area contributed by atoms with Crippen LogP contribution in [0.5, 0.6) is 17.2 Å². The number of methoxy groups -OCH3 is 2. The zero-order chi connectivity index (χ0) is 16.8. The van der Waals surface area contributed by atoms with Gasteiger partial charge in [-0.15, -0.1) is 0 Å². The van der Waals surface area contributed by atoms with Crippen molar-refractivity contribution >= 4 is 11.6 Å². The fraction of sp³-hybridized carbons (Fsp3) is 0.167. The number of β-lactam (4-membered cyclic amide) rings is 1. The third-order valence-corrected chi connectivity index (χ3v) is 3.37. The van der Waals surface area contributed by atoms with E-state index < -0.39 is 0 Å². The van der Waals surface area contributed by atoms with Gasteiger partial charge in [0, 0.05) is 11.3 Å². The van der Waals surface area contributed by atoms with Gasteiger partial charge in [0.05, 0.1) is 20.8 Å². The number of ether oxygens (including phenoxy) is 2. The Labute approximate surface area is 135 Å². The molecule has 5 nitrogen and oxygen atoms in total. The third-order valence-electron chi connectivity index (χ3n) is 3.37. The molecule has 2 aromatic carbocycles. The maximum Gasteiger partial charge on any atom is 0.255 e. The fourth-order valence-corrected chi connectivity index (χ4v) is 2.03. The summed E-state index contributed by atoms with van der Waals surface area (Å²) < 4.78 is 9.82. The highest BCUT2D eigenvalue weighted by atomic mass is 16.5. The molecule has 1 heterocycles.